The third-order valence-corrected chi connectivity index (χ3v) is 7.52. The van der Waals surface area contributed by atoms with E-state index in [0.29, 0.717) is 30.2 Å². The van der Waals surface area contributed by atoms with Gasteiger partial charge in [0.15, 0.2) is 6.10 Å². The second kappa shape index (κ2) is 10.7. The van der Waals surface area contributed by atoms with Crippen LogP contribution in [0.2, 0.25) is 0 Å². The SMILES string of the molecule is Cc1ccc(COc2ccc3c(-c4ccc5c6c(ccnc46)CCO5)c(C(OC(C)(C)C)C(=O)O)c(C)cc3n2)cc1. The van der Waals surface area contributed by atoms with Crippen molar-refractivity contribution in [3.8, 4) is 22.8 Å². The number of rotatable bonds is 7. The highest BCUT2D eigenvalue weighted by molar-refractivity contribution is 6.08. The topological polar surface area (TPSA) is 90.8 Å². The van der Waals surface area contributed by atoms with Gasteiger partial charge in [-0.25, -0.2) is 9.78 Å². The molecule has 0 fully saturated rings. The lowest BCUT2D eigenvalue weighted by molar-refractivity contribution is -0.160. The van der Waals surface area contributed by atoms with E-state index in [4.69, 9.17) is 24.2 Å². The summed E-state index contributed by atoms with van der Waals surface area (Å²) < 4.78 is 18.2. The fraction of sp³-hybridized carbons (Fsp3) is 0.286. The van der Waals surface area contributed by atoms with E-state index < -0.39 is 17.7 Å². The second-order valence-electron chi connectivity index (χ2n) is 11.8. The molecule has 1 N–H and O–H groups in total. The van der Waals surface area contributed by atoms with E-state index >= 15 is 0 Å². The summed E-state index contributed by atoms with van der Waals surface area (Å²) in [6.07, 6.45) is 1.39. The smallest absolute Gasteiger partial charge is 0.337 e. The molecule has 0 radical (unpaired) electrons. The lowest BCUT2D eigenvalue weighted by Gasteiger charge is -2.29. The molecule has 0 aliphatic carbocycles. The average Bonchev–Trinajstić information content (AvgIpc) is 2.95. The highest BCUT2D eigenvalue weighted by atomic mass is 16.5. The largest absolute Gasteiger partial charge is 0.493 e. The molecule has 1 atom stereocenters. The van der Waals surface area contributed by atoms with E-state index in [1.54, 1.807) is 0 Å². The standard InChI is InChI=1S/C35H34N2O5/c1-20-6-8-22(9-7-20)19-41-28-13-11-24-26(37-28)18-21(2)29(33(34(38)39)42-35(3,4)5)31(24)25-10-12-27-30-23(15-17-40-27)14-16-36-32(25)30/h6-14,16,18,33H,15,17,19H2,1-5H3,(H,38,39). The van der Waals surface area contributed by atoms with Gasteiger partial charge in [-0.3, -0.25) is 4.98 Å². The molecule has 1 aliphatic rings. The van der Waals surface area contributed by atoms with Crippen molar-refractivity contribution in [1.82, 2.24) is 9.97 Å². The predicted molar refractivity (Wildman–Crippen MR) is 163 cm³/mol. The molecule has 7 heteroatoms. The third kappa shape index (κ3) is 5.28. The van der Waals surface area contributed by atoms with Gasteiger partial charge in [0.1, 0.15) is 12.4 Å². The van der Waals surface area contributed by atoms with Crippen LogP contribution in [-0.2, 0) is 22.6 Å². The molecule has 3 aromatic carbocycles. The molecule has 0 spiro atoms. The Morgan fingerprint density at radius 3 is 2.57 bits per heavy atom. The number of pyridine rings is 2. The average molecular weight is 563 g/mol. The molecule has 0 bridgehead atoms. The minimum atomic E-state index is -1.20. The van der Waals surface area contributed by atoms with Gasteiger partial charge in [0, 0.05) is 40.6 Å². The molecule has 42 heavy (non-hydrogen) atoms. The molecule has 0 saturated carbocycles. The summed E-state index contributed by atoms with van der Waals surface area (Å²) in [6.45, 7) is 10.5. The monoisotopic (exact) mass is 562 g/mol. The molecule has 5 aromatic rings. The molecule has 2 aromatic heterocycles. The van der Waals surface area contributed by atoms with Crippen LogP contribution < -0.4 is 9.47 Å². The molecule has 1 aliphatic heterocycles. The van der Waals surface area contributed by atoms with E-state index in [1.165, 1.54) is 5.56 Å². The van der Waals surface area contributed by atoms with Crippen LogP contribution in [-0.4, -0.2) is 33.3 Å². The van der Waals surface area contributed by atoms with Crippen molar-refractivity contribution in [2.45, 2.75) is 59.4 Å². The first-order chi connectivity index (χ1) is 20.1. The lowest BCUT2D eigenvalue weighted by atomic mass is 9.86. The van der Waals surface area contributed by atoms with E-state index in [-0.39, 0.29) is 0 Å². The Bertz CT molecular complexity index is 1810. The number of carboxylic acid groups (broad SMARTS) is 1. The van der Waals surface area contributed by atoms with Gasteiger partial charge in [0.05, 0.1) is 23.2 Å². The summed E-state index contributed by atoms with van der Waals surface area (Å²) in [7, 11) is 0. The van der Waals surface area contributed by atoms with Gasteiger partial charge in [-0.2, -0.15) is 0 Å². The number of benzene rings is 3. The van der Waals surface area contributed by atoms with E-state index in [1.807, 2.05) is 82.4 Å². The summed E-state index contributed by atoms with van der Waals surface area (Å²) in [5.74, 6) is 0.219. The highest BCUT2D eigenvalue weighted by Crippen LogP contribution is 2.45. The minimum Gasteiger partial charge on any atom is -0.493 e. The first kappa shape index (κ1) is 27.7. The Balaban J connectivity index is 1.56. The van der Waals surface area contributed by atoms with Crippen LogP contribution in [0.3, 0.4) is 0 Å². The Morgan fingerprint density at radius 2 is 1.83 bits per heavy atom. The summed E-state index contributed by atoms with van der Waals surface area (Å²) in [5.41, 5.74) is 7.05. The maximum atomic E-state index is 12.8. The Kier molecular flexibility index (Phi) is 7.07. The van der Waals surface area contributed by atoms with Gasteiger partial charge in [0.2, 0.25) is 5.88 Å². The number of carboxylic acids is 1. The van der Waals surface area contributed by atoms with Gasteiger partial charge in [-0.05, 0) is 87.2 Å². The summed E-state index contributed by atoms with van der Waals surface area (Å²) >= 11 is 0. The van der Waals surface area contributed by atoms with E-state index in [0.717, 1.165) is 56.3 Å². The fourth-order valence-electron chi connectivity index (χ4n) is 5.64. The summed E-state index contributed by atoms with van der Waals surface area (Å²) in [4.78, 5) is 22.4. The lowest BCUT2D eigenvalue weighted by Crippen LogP contribution is -2.28. The number of nitrogens with zero attached hydrogens (tertiary/aromatic N) is 2. The van der Waals surface area contributed by atoms with Crippen LogP contribution in [0.5, 0.6) is 11.6 Å². The van der Waals surface area contributed by atoms with Crippen molar-refractivity contribution in [2.75, 3.05) is 6.61 Å². The van der Waals surface area contributed by atoms with Crippen molar-refractivity contribution in [1.29, 1.82) is 0 Å². The van der Waals surface area contributed by atoms with Gasteiger partial charge in [-0.1, -0.05) is 29.8 Å². The zero-order valence-corrected chi connectivity index (χ0v) is 24.5. The number of hydrogen-bond donors (Lipinski definition) is 1. The van der Waals surface area contributed by atoms with Crippen LogP contribution in [0.1, 0.15) is 54.7 Å². The molecule has 7 nitrogen and oxygen atoms in total. The van der Waals surface area contributed by atoms with Crippen molar-refractivity contribution in [2.24, 2.45) is 0 Å². The third-order valence-electron chi connectivity index (χ3n) is 7.52. The predicted octanol–water partition coefficient (Wildman–Crippen LogP) is 7.52. The molecule has 6 rings (SSSR count). The Morgan fingerprint density at radius 1 is 1.05 bits per heavy atom. The van der Waals surface area contributed by atoms with Crippen molar-refractivity contribution >= 4 is 27.8 Å². The summed E-state index contributed by atoms with van der Waals surface area (Å²) in [5, 5.41) is 12.2. The zero-order valence-electron chi connectivity index (χ0n) is 24.5. The normalized spacial score (nSPS) is 13.6. The molecule has 214 valence electrons. The summed E-state index contributed by atoms with van der Waals surface area (Å²) in [6, 6.07) is 19.8. The van der Waals surface area contributed by atoms with Gasteiger partial charge in [-0.15, -0.1) is 0 Å². The number of aliphatic carboxylic acids is 1. The Hall–Kier alpha value is -4.49. The number of ether oxygens (including phenoxy) is 3. The van der Waals surface area contributed by atoms with Gasteiger partial charge >= 0.3 is 5.97 Å². The maximum Gasteiger partial charge on any atom is 0.337 e. The van der Waals surface area contributed by atoms with Crippen molar-refractivity contribution in [3.63, 3.8) is 0 Å². The van der Waals surface area contributed by atoms with E-state index in [9.17, 15) is 9.90 Å². The van der Waals surface area contributed by atoms with Crippen LogP contribution in [0, 0.1) is 13.8 Å². The molecule has 1 unspecified atom stereocenters. The van der Waals surface area contributed by atoms with Crippen molar-refractivity contribution in [3.05, 3.63) is 94.7 Å². The van der Waals surface area contributed by atoms with Crippen LogP contribution in [0.25, 0.3) is 32.9 Å². The fourth-order valence-corrected chi connectivity index (χ4v) is 5.64. The Labute approximate surface area is 245 Å². The minimum absolute atomic E-state index is 0.391. The first-order valence-electron chi connectivity index (χ1n) is 14.2. The number of hydrogen-bond acceptors (Lipinski definition) is 6. The number of aryl methyl sites for hydroxylation is 2. The van der Waals surface area contributed by atoms with Crippen LogP contribution in [0.15, 0.2) is 66.9 Å². The van der Waals surface area contributed by atoms with Gasteiger partial charge in [0.25, 0.3) is 0 Å². The second-order valence-corrected chi connectivity index (χ2v) is 11.8. The number of aromatic nitrogens is 2. The molecular weight excluding hydrogens is 528 g/mol. The zero-order chi connectivity index (χ0) is 29.6. The quantitative estimate of drug-likeness (QED) is 0.219. The van der Waals surface area contributed by atoms with Crippen LogP contribution >= 0.6 is 0 Å². The highest BCUT2D eigenvalue weighted by Gasteiger charge is 2.33. The van der Waals surface area contributed by atoms with Crippen LogP contribution in [0.4, 0.5) is 0 Å². The molecule has 3 heterocycles. The first-order valence-corrected chi connectivity index (χ1v) is 14.2. The molecule has 0 amide bonds. The molecular formula is C35H34N2O5. The maximum absolute atomic E-state index is 12.8. The van der Waals surface area contributed by atoms with Crippen molar-refractivity contribution < 1.29 is 24.1 Å². The number of carbonyl (C=O) groups is 1. The molecule has 0 saturated heterocycles. The number of fused-ring (bicyclic) bond motifs is 1. The van der Waals surface area contributed by atoms with Gasteiger partial charge < -0.3 is 19.3 Å². The van der Waals surface area contributed by atoms with E-state index in [2.05, 4.69) is 19.1 Å².